The van der Waals surface area contributed by atoms with Gasteiger partial charge in [0.05, 0.1) is 12.5 Å². The highest BCUT2D eigenvalue weighted by Gasteiger charge is 2.27. The van der Waals surface area contributed by atoms with Gasteiger partial charge in [-0.1, -0.05) is 32.9 Å². The summed E-state index contributed by atoms with van der Waals surface area (Å²) in [7, 11) is 0. The molecule has 0 saturated heterocycles. The van der Waals surface area contributed by atoms with E-state index in [1.54, 1.807) is 0 Å². The third-order valence-corrected chi connectivity index (χ3v) is 2.61. The Balaban J connectivity index is 2.74. The number of hydrogen-bond donors (Lipinski definition) is 2. The van der Waals surface area contributed by atoms with Crippen LogP contribution in [0.5, 0.6) is 0 Å². The van der Waals surface area contributed by atoms with Gasteiger partial charge < -0.3 is 10.6 Å². The summed E-state index contributed by atoms with van der Waals surface area (Å²) in [5, 5.41) is 7.21. The molecule has 13 heavy (non-hydrogen) atoms. The van der Waals surface area contributed by atoms with E-state index in [0.29, 0.717) is 5.92 Å². The Bertz CT molecular complexity index is 215. The van der Waals surface area contributed by atoms with Gasteiger partial charge >= 0.3 is 0 Å². The first-order valence-corrected chi connectivity index (χ1v) is 4.65. The highest BCUT2D eigenvalue weighted by Crippen LogP contribution is 2.29. The minimum absolute atomic E-state index is 0.115. The molecule has 0 spiro atoms. The zero-order chi connectivity index (χ0) is 10.1. The third kappa shape index (κ3) is 2.31. The van der Waals surface area contributed by atoms with E-state index in [0.717, 1.165) is 6.54 Å². The van der Waals surface area contributed by atoms with Gasteiger partial charge in [-0.2, -0.15) is 0 Å². The smallest absolute Gasteiger partial charge is 0.0969 e. The molecule has 0 bridgehead atoms. The van der Waals surface area contributed by atoms with Crippen LogP contribution in [0.4, 0.5) is 0 Å². The van der Waals surface area contributed by atoms with Gasteiger partial charge in [0.25, 0.3) is 0 Å². The van der Waals surface area contributed by atoms with E-state index in [1.807, 2.05) is 11.0 Å². The molecule has 1 aliphatic rings. The number of nitrogens with one attached hydrogen (secondary N) is 1. The van der Waals surface area contributed by atoms with Crippen molar-refractivity contribution in [2.24, 2.45) is 17.1 Å². The van der Waals surface area contributed by atoms with Crippen LogP contribution in [0, 0.1) is 16.7 Å². The Morgan fingerprint density at radius 2 is 2.08 bits per heavy atom. The molecule has 0 aliphatic carbocycles. The SMILES string of the molecule is CC(C)(C)C1C=CC(N)N(C=N)C1. The number of nitrogens with two attached hydrogens (primary N) is 1. The Labute approximate surface area is 80.1 Å². The fraction of sp³-hybridized carbons (Fsp3) is 0.700. The molecule has 2 unspecified atom stereocenters. The summed E-state index contributed by atoms with van der Waals surface area (Å²) in [5.74, 6) is 0.480. The second-order valence-electron chi connectivity index (χ2n) is 4.67. The molecule has 1 aliphatic heterocycles. The first-order valence-electron chi connectivity index (χ1n) is 4.65. The molecular formula is C10H19N3. The van der Waals surface area contributed by atoms with Crippen molar-refractivity contribution >= 4 is 6.34 Å². The normalized spacial score (nSPS) is 29.1. The summed E-state index contributed by atoms with van der Waals surface area (Å²) in [6.45, 7) is 7.48. The van der Waals surface area contributed by atoms with E-state index in [4.69, 9.17) is 11.1 Å². The van der Waals surface area contributed by atoms with Crippen molar-refractivity contribution in [2.75, 3.05) is 6.54 Å². The van der Waals surface area contributed by atoms with Gasteiger partial charge in [0, 0.05) is 6.54 Å². The summed E-state index contributed by atoms with van der Waals surface area (Å²) in [6, 6.07) is 0. The molecule has 0 saturated carbocycles. The molecule has 0 aromatic rings. The molecule has 3 N–H and O–H groups in total. The summed E-state index contributed by atoms with van der Waals surface area (Å²) >= 11 is 0. The molecule has 74 valence electrons. The summed E-state index contributed by atoms with van der Waals surface area (Å²) < 4.78 is 0. The Morgan fingerprint density at radius 1 is 1.46 bits per heavy atom. The maximum atomic E-state index is 7.21. The Hall–Kier alpha value is -0.830. The van der Waals surface area contributed by atoms with E-state index in [9.17, 15) is 0 Å². The van der Waals surface area contributed by atoms with Crippen molar-refractivity contribution < 1.29 is 0 Å². The predicted octanol–water partition coefficient (Wildman–Crippen LogP) is 1.41. The molecule has 0 aromatic heterocycles. The van der Waals surface area contributed by atoms with E-state index in [-0.39, 0.29) is 11.6 Å². The fourth-order valence-corrected chi connectivity index (χ4v) is 1.47. The minimum Gasteiger partial charge on any atom is -0.344 e. The largest absolute Gasteiger partial charge is 0.344 e. The first kappa shape index (κ1) is 10.3. The van der Waals surface area contributed by atoms with Gasteiger partial charge in [0.2, 0.25) is 0 Å². The molecule has 0 radical (unpaired) electrons. The lowest BCUT2D eigenvalue weighted by Crippen LogP contribution is -2.47. The first-order chi connectivity index (χ1) is 5.95. The molecule has 0 aromatic carbocycles. The fourth-order valence-electron chi connectivity index (χ4n) is 1.47. The lowest BCUT2D eigenvalue weighted by atomic mass is 9.79. The van der Waals surface area contributed by atoms with Crippen LogP contribution in [0.2, 0.25) is 0 Å². The van der Waals surface area contributed by atoms with Crippen LogP contribution in [-0.2, 0) is 0 Å². The second-order valence-corrected chi connectivity index (χ2v) is 4.67. The predicted molar refractivity (Wildman–Crippen MR) is 55.6 cm³/mol. The van der Waals surface area contributed by atoms with Crippen LogP contribution in [0.15, 0.2) is 12.2 Å². The van der Waals surface area contributed by atoms with Crippen LogP contribution >= 0.6 is 0 Å². The van der Waals surface area contributed by atoms with Crippen LogP contribution in [0.3, 0.4) is 0 Å². The van der Waals surface area contributed by atoms with Crippen LogP contribution in [-0.4, -0.2) is 23.9 Å². The zero-order valence-electron chi connectivity index (χ0n) is 8.62. The Kier molecular flexibility index (Phi) is 2.76. The molecular weight excluding hydrogens is 162 g/mol. The molecule has 2 atom stereocenters. The van der Waals surface area contributed by atoms with Gasteiger partial charge in [0.1, 0.15) is 0 Å². The van der Waals surface area contributed by atoms with Crippen LogP contribution < -0.4 is 5.73 Å². The highest BCUT2D eigenvalue weighted by atomic mass is 15.2. The maximum absolute atomic E-state index is 7.21. The van der Waals surface area contributed by atoms with Gasteiger partial charge in [-0.05, 0) is 11.3 Å². The van der Waals surface area contributed by atoms with Crippen molar-refractivity contribution in [3.05, 3.63) is 12.2 Å². The van der Waals surface area contributed by atoms with Crippen LogP contribution in [0.1, 0.15) is 20.8 Å². The third-order valence-electron chi connectivity index (χ3n) is 2.61. The van der Waals surface area contributed by atoms with Crippen molar-refractivity contribution in [1.29, 1.82) is 5.41 Å². The van der Waals surface area contributed by atoms with Gasteiger partial charge in [0.15, 0.2) is 0 Å². The number of hydrogen-bond acceptors (Lipinski definition) is 2. The van der Waals surface area contributed by atoms with E-state index < -0.39 is 0 Å². The zero-order valence-corrected chi connectivity index (χ0v) is 8.62. The molecule has 1 rings (SSSR count). The lowest BCUT2D eigenvalue weighted by molar-refractivity contribution is 0.208. The summed E-state index contributed by atoms with van der Waals surface area (Å²) in [5.41, 5.74) is 6.03. The summed E-state index contributed by atoms with van der Waals surface area (Å²) in [4.78, 5) is 1.86. The maximum Gasteiger partial charge on any atom is 0.0969 e. The van der Waals surface area contributed by atoms with Gasteiger partial charge in [-0.3, -0.25) is 5.41 Å². The van der Waals surface area contributed by atoms with Crippen LogP contribution in [0.25, 0.3) is 0 Å². The van der Waals surface area contributed by atoms with E-state index in [1.165, 1.54) is 6.34 Å². The van der Waals surface area contributed by atoms with Gasteiger partial charge in [-0.25, -0.2) is 0 Å². The van der Waals surface area contributed by atoms with E-state index >= 15 is 0 Å². The lowest BCUT2D eigenvalue weighted by Gasteiger charge is -2.38. The monoisotopic (exact) mass is 181 g/mol. The molecule has 3 nitrogen and oxygen atoms in total. The number of nitrogens with zero attached hydrogens (tertiary/aromatic N) is 1. The molecule has 1 heterocycles. The van der Waals surface area contributed by atoms with Crippen molar-refractivity contribution in [2.45, 2.75) is 26.9 Å². The molecule has 0 fully saturated rings. The molecule has 3 heteroatoms. The van der Waals surface area contributed by atoms with Crippen molar-refractivity contribution in [3.8, 4) is 0 Å². The quantitative estimate of drug-likeness (QED) is 0.365. The Morgan fingerprint density at radius 3 is 2.54 bits per heavy atom. The number of rotatable bonds is 1. The van der Waals surface area contributed by atoms with Crippen molar-refractivity contribution in [1.82, 2.24) is 4.90 Å². The van der Waals surface area contributed by atoms with Crippen molar-refractivity contribution in [3.63, 3.8) is 0 Å². The molecule has 0 amide bonds. The summed E-state index contributed by atoms with van der Waals surface area (Å²) in [6.07, 6.45) is 5.36. The average molecular weight is 181 g/mol. The highest BCUT2D eigenvalue weighted by molar-refractivity contribution is 5.52. The van der Waals surface area contributed by atoms with E-state index in [2.05, 4.69) is 26.8 Å². The topological polar surface area (TPSA) is 53.1 Å². The standard InChI is InChI=1S/C10H19N3/c1-10(2,3)8-4-5-9(12)13(6-8)7-11/h4-5,7-9,11H,6,12H2,1-3H3. The average Bonchev–Trinajstić information content (AvgIpc) is 2.03. The van der Waals surface area contributed by atoms with Gasteiger partial charge in [-0.15, -0.1) is 0 Å². The second kappa shape index (κ2) is 3.50. The minimum atomic E-state index is -0.115.